The Kier molecular flexibility index (Phi) is 9.52. The largest absolute Gasteiger partial charge is 0.494 e. The number of furan rings is 1. The monoisotopic (exact) mass is 566 g/mol. The Morgan fingerprint density at radius 2 is 1.82 bits per heavy atom. The molecule has 1 amide bonds. The van der Waals surface area contributed by atoms with Crippen LogP contribution in [0.4, 0.5) is 0 Å². The molecule has 4 aromatic rings. The van der Waals surface area contributed by atoms with E-state index in [9.17, 15) is 4.79 Å². The van der Waals surface area contributed by atoms with Gasteiger partial charge in [0.15, 0.2) is 17.3 Å². The van der Waals surface area contributed by atoms with Crippen LogP contribution in [0.1, 0.15) is 41.1 Å². The van der Waals surface area contributed by atoms with E-state index in [0.717, 1.165) is 16.5 Å². The lowest BCUT2D eigenvalue weighted by Crippen LogP contribution is -2.16. The fourth-order valence-electron chi connectivity index (χ4n) is 3.89. The van der Waals surface area contributed by atoms with Crippen molar-refractivity contribution in [3.05, 3.63) is 99.7 Å². The first-order valence-corrected chi connectivity index (χ1v) is 13.1. The molecule has 0 spiro atoms. The first-order chi connectivity index (χ1) is 18.9. The van der Waals surface area contributed by atoms with E-state index in [4.69, 9.17) is 41.8 Å². The average molecular weight is 567 g/mol. The molecule has 0 aliphatic rings. The van der Waals surface area contributed by atoms with Gasteiger partial charge in [-0.15, -0.1) is 6.58 Å². The molecule has 1 aromatic heterocycles. The SMILES string of the molecule is C=CCc1cc(/C=N/NC(=O)c2cc3cc(OCC)ccc3o2)cc(OCC)c1OCc1ccc(Cl)c(Cl)c1. The maximum Gasteiger partial charge on any atom is 0.307 e. The van der Waals surface area contributed by atoms with Crippen molar-refractivity contribution < 1.29 is 23.4 Å². The van der Waals surface area contributed by atoms with Crippen molar-refractivity contribution in [1.29, 1.82) is 0 Å². The Morgan fingerprint density at radius 3 is 2.56 bits per heavy atom. The number of hydrazone groups is 1. The first-order valence-electron chi connectivity index (χ1n) is 12.4. The van der Waals surface area contributed by atoms with E-state index in [2.05, 4.69) is 17.1 Å². The molecular weight excluding hydrogens is 539 g/mol. The molecule has 0 saturated carbocycles. The van der Waals surface area contributed by atoms with Crippen molar-refractivity contribution in [1.82, 2.24) is 5.43 Å². The van der Waals surface area contributed by atoms with E-state index in [0.29, 0.717) is 58.1 Å². The molecular formula is C30H28Cl2N2O5. The van der Waals surface area contributed by atoms with E-state index in [-0.39, 0.29) is 12.4 Å². The van der Waals surface area contributed by atoms with Crippen LogP contribution >= 0.6 is 23.2 Å². The summed E-state index contributed by atoms with van der Waals surface area (Å²) >= 11 is 12.2. The molecule has 0 fully saturated rings. The number of nitrogens with zero attached hydrogens (tertiary/aromatic N) is 1. The minimum Gasteiger partial charge on any atom is -0.494 e. The molecule has 0 aliphatic carbocycles. The molecule has 0 radical (unpaired) electrons. The lowest BCUT2D eigenvalue weighted by Gasteiger charge is -2.17. The summed E-state index contributed by atoms with van der Waals surface area (Å²) in [7, 11) is 0. The van der Waals surface area contributed by atoms with Crippen LogP contribution < -0.4 is 19.6 Å². The molecule has 0 aliphatic heterocycles. The molecule has 4 rings (SSSR count). The number of rotatable bonds is 12. The van der Waals surface area contributed by atoms with Crippen molar-refractivity contribution >= 4 is 46.3 Å². The number of benzene rings is 3. The topological polar surface area (TPSA) is 82.3 Å². The Bertz CT molecular complexity index is 1510. The molecule has 3 aromatic carbocycles. The number of carbonyl (C=O) groups excluding carboxylic acids is 1. The molecule has 202 valence electrons. The van der Waals surface area contributed by atoms with Crippen LogP contribution in [0.15, 0.2) is 76.8 Å². The van der Waals surface area contributed by atoms with Gasteiger partial charge in [-0.2, -0.15) is 5.10 Å². The molecule has 1 N–H and O–H groups in total. The fraction of sp³-hybridized carbons (Fsp3) is 0.200. The van der Waals surface area contributed by atoms with Crippen molar-refractivity contribution in [3.63, 3.8) is 0 Å². The van der Waals surface area contributed by atoms with Gasteiger partial charge in [-0.25, -0.2) is 5.43 Å². The van der Waals surface area contributed by atoms with E-state index in [1.807, 2.05) is 32.0 Å². The Morgan fingerprint density at radius 1 is 1.00 bits per heavy atom. The van der Waals surface area contributed by atoms with Gasteiger partial charge in [0.05, 0.1) is 29.5 Å². The van der Waals surface area contributed by atoms with Crippen LogP contribution in [0, 0.1) is 0 Å². The molecule has 9 heteroatoms. The lowest BCUT2D eigenvalue weighted by atomic mass is 10.1. The summed E-state index contributed by atoms with van der Waals surface area (Å²) in [4.78, 5) is 12.6. The van der Waals surface area contributed by atoms with E-state index < -0.39 is 5.91 Å². The Labute approximate surface area is 237 Å². The zero-order chi connectivity index (χ0) is 27.8. The number of nitrogens with one attached hydrogen (secondary N) is 1. The first kappa shape index (κ1) is 28.1. The summed E-state index contributed by atoms with van der Waals surface area (Å²) < 4.78 is 23.2. The standard InChI is InChI=1S/C30H28Cl2N2O5/c1-4-7-21-12-20(14-27(37-6-3)29(21)38-18-19-8-10-24(31)25(32)13-19)17-33-34-30(35)28-16-22-15-23(36-5-2)9-11-26(22)39-28/h4,8-17H,1,5-7,18H2,2-3H3,(H,34,35)/b33-17+. The van der Waals surface area contributed by atoms with E-state index in [1.165, 1.54) is 6.21 Å². The zero-order valence-electron chi connectivity index (χ0n) is 21.6. The Hall–Kier alpha value is -3.94. The van der Waals surface area contributed by atoms with Crippen molar-refractivity contribution in [3.8, 4) is 17.2 Å². The molecule has 0 unspecified atom stereocenters. The number of amides is 1. The van der Waals surface area contributed by atoms with Gasteiger partial charge in [-0.05, 0) is 79.9 Å². The predicted molar refractivity (Wildman–Crippen MR) is 155 cm³/mol. The number of ether oxygens (including phenoxy) is 3. The summed E-state index contributed by atoms with van der Waals surface area (Å²) in [5.74, 6) is 1.52. The summed E-state index contributed by atoms with van der Waals surface area (Å²) in [6, 6.07) is 16.1. The normalized spacial score (nSPS) is 11.1. The fourth-order valence-corrected chi connectivity index (χ4v) is 4.21. The van der Waals surface area contributed by atoms with Gasteiger partial charge >= 0.3 is 5.91 Å². The van der Waals surface area contributed by atoms with E-state index in [1.54, 1.807) is 42.5 Å². The third-order valence-corrected chi connectivity index (χ3v) is 6.33. The van der Waals surface area contributed by atoms with Crippen LogP contribution in [0.5, 0.6) is 17.2 Å². The number of halogens is 2. The second-order valence-electron chi connectivity index (χ2n) is 8.41. The highest BCUT2D eigenvalue weighted by Gasteiger charge is 2.15. The van der Waals surface area contributed by atoms with Crippen LogP contribution in [0.2, 0.25) is 10.0 Å². The minimum absolute atomic E-state index is 0.143. The minimum atomic E-state index is -0.474. The Balaban J connectivity index is 1.51. The number of carbonyl (C=O) groups is 1. The lowest BCUT2D eigenvalue weighted by molar-refractivity contribution is 0.0929. The number of allylic oxidation sites excluding steroid dienone is 1. The van der Waals surface area contributed by atoms with Crippen molar-refractivity contribution in [2.24, 2.45) is 5.10 Å². The number of hydrogen-bond acceptors (Lipinski definition) is 6. The highest BCUT2D eigenvalue weighted by atomic mass is 35.5. The zero-order valence-corrected chi connectivity index (χ0v) is 23.1. The van der Waals surface area contributed by atoms with Crippen molar-refractivity contribution in [2.75, 3.05) is 13.2 Å². The second-order valence-corrected chi connectivity index (χ2v) is 9.23. The van der Waals surface area contributed by atoms with Gasteiger partial charge in [0, 0.05) is 10.9 Å². The maximum absolute atomic E-state index is 12.6. The molecule has 0 saturated heterocycles. The smallest absolute Gasteiger partial charge is 0.307 e. The van der Waals surface area contributed by atoms with E-state index >= 15 is 0 Å². The van der Waals surface area contributed by atoms with Gasteiger partial charge < -0.3 is 18.6 Å². The predicted octanol–water partition coefficient (Wildman–Crippen LogP) is 7.61. The number of hydrogen-bond donors (Lipinski definition) is 1. The summed E-state index contributed by atoms with van der Waals surface area (Å²) in [5.41, 5.74) is 5.52. The maximum atomic E-state index is 12.6. The van der Waals surface area contributed by atoms with Crippen LogP contribution in [-0.4, -0.2) is 25.3 Å². The van der Waals surface area contributed by atoms with Gasteiger partial charge in [0.25, 0.3) is 0 Å². The number of fused-ring (bicyclic) bond motifs is 1. The van der Waals surface area contributed by atoms with Crippen LogP contribution in [0.25, 0.3) is 11.0 Å². The summed E-state index contributed by atoms with van der Waals surface area (Å²) in [6.07, 6.45) is 3.84. The van der Waals surface area contributed by atoms with Gasteiger partial charge in [-0.3, -0.25) is 4.79 Å². The van der Waals surface area contributed by atoms with Crippen molar-refractivity contribution in [2.45, 2.75) is 26.9 Å². The van der Waals surface area contributed by atoms with Gasteiger partial charge in [0.2, 0.25) is 0 Å². The second kappa shape index (κ2) is 13.2. The molecule has 7 nitrogen and oxygen atoms in total. The highest BCUT2D eigenvalue weighted by Crippen LogP contribution is 2.35. The van der Waals surface area contributed by atoms with Gasteiger partial charge in [-0.1, -0.05) is 35.3 Å². The summed E-state index contributed by atoms with van der Waals surface area (Å²) in [6.45, 7) is 8.92. The molecule has 1 heterocycles. The third-order valence-electron chi connectivity index (χ3n) is 5.59. The highest BCUT2D eigenvalue weighted by molar-refractivity contribution is 6.42. The van der Waals surface area contributed by atoms with Gasteiger partial charge in [0.1, 0.15) is 17.9 Å². The van der Waals surface area contributed by atoms with Crippen LogP contribution in [-0.2, 0) is 13.0 Å². The summed E-state index contributed by atoms with van der Waals surface area (Å²) in [5, 5.41) is 5.83. The molecule has 0 atom stereocenters. The van der Waals surface area contributed by atoms with Crippen LogP contribution in [0.3, 0.4) is 0 Å². The molecule has 39 heavy (non-hydrogen) atoms. The average Bonchev–Trinajstić information content (AvgIpc) is 3.34. The molecule has 0 bridgehead atoms. The quantitative estimate of drug-likeness (QED) is 0.108. The third kappa shape index (κ3) is 7.13.